The van der Waals surface area contributed by atoms with E-state index in [0.29, 0.717) is 52.4 Å². The van der Waals surface area contributed by atoms with E-state index < -0.39 is 11.9 Å². The maximum absolute atomic E-state index is 14.5. The summed E-state index contributed by atoms with van der Waals surface area (Å²) in [5, 5.41) is 18.0. The summed E-state index contributed by atoms with van der Waals surface area (Å²) in [4.78, 5) is 21.1. The van der Waals surface area contributed by atoms with Crippen LogP contribution in [0.4, 0.5) is 4.39 Å². The Labute approximate surface area is 247 Å². The van der Waals surface area contributed by atoms with E-state index in [9.17, 15) is 14.6 Å². The molecule has 2 atom stereocenters. The van der Waals surface area contributed by atoms with Gasteiger partial charge in [-0.15, -0.1) is 0 Å². The van der Waals surface area contributed by atoms with Crippen LogP contribution in [0.15, 0.2) is 105 Å². The summed E-state index contributed by atoms with van der Waals surface area (Å²) in [5.41, 5.74) is 5.31. The van der Waals surface area contributed by atoms with Crippen LogP contribution in [0, 0.1) is 17.1 Å². The average molecular weight is 572 g/mol. The molecule has 2 unspecified atom stereocenters. The van der Waals surface area contributed by atoms with E-state index in [-0.39, 0.29) is 11.3 Å². The molecule has 2 aliphatic rings. The van der Waals surface area contributed by atoms with Gasteiger partial charge in [0.1, 0.15) is 23.0 Å². The second-order valence-corrected chi connectivity index (χ2v) is 11.3. The first-order chi connectivity index (χ1) is 20.9. The summed E-state index contributed by atoms with van der Waals surface area (Å²) in [6.07, 6.45) is 6.66. The zero-order valence-corrected chi connectivity index (χ0v) is 23.9. The van der Waals surface area contributed by atoms with Gasteiger partial charge >= 0.3 is 0 Å². The summed E-state index contributed by atoms with van der Waals surface area (Å²) < 4.78 is 21.0. The van der Waals surface area contributed by atoms with Gasteiger partial charge in [-0.1, -0.05) is 49.4 Å². The molecule has 43 heavy (non-hydrogen) atoms. The number of amidine groups is 1. The van der Waals surface area contributed by atoms with Crippen molar-refractivity contribution in [2.75, 3.05) is 6.54 Å². The number of halogens is 1. The summed E-state index contributed by atoms with van der Waals surface area (Å²) in [6.45, 7) is 4.78. The molecule has 0 saturated heterocycles. The summed E-state index contributed by atoms with van der Waals surface area (Å²) >= 11 is 0. The van der Waals surface area contributed by atoms with E-state index in [1.807, 2.05) is 37.4 Å². The average Bonchev–Trinajstić information content (AvgIpc) is 3.35. The molecule has 7 nitrogen and oxygen atoms in total. The third kappa shape index (κ3) is 4.59. The van der Waals surface area contributed by atoms with Gasteiger partial charge in [-0.3, -0.25) is 9.89 Å². The van der Waals surface area contributed by atoms with Gasteiger partial charge < -0.3 is 14.7 Å². The number of para-hydroxylation sites is 1. The fourth-order valence-electron chi connectivity index (χ4n) is 6.40. The van der Waals surface area contributed by atoms with Crippen molar-refractivity contribution in [1.82, 2.24) is 15.1 Å². The first kappa shape index (κ1) is 26.8. The lowest BCUT2D eigenvalue weighted by Gasteiger charge is -2.33. The smallest absolute Gasteiger partial charge is 0.200 e. The molecular formula is C35H30FN5O2. The zero-order valence-electron chi connectivity index (χ0n) is 23.9. The van der Waals surface area contributed by atoms with Gasteiger partial charge in [-0.2, -0.15) is 5.10 Å². The van der Waals surface area contributed by atoms with Crippen molar-refractivity contribution in [1.29, 1.82) is 5.41 Å². The third-order valence-corrected chi connectivity index (χ3v) is 8.38. The quantitative estimate of drug-likeness (QED) is 0.231. The molecule has 4 heterocycles. The van der Waals surface area contributed by atoms with Crippen molar-refractivity contribution in [2.24, 2.45) is 10.9 Å². The first-order valence-corrected chi connectivity index (χ1v) is 14.5. The van der Waals surface area contributed by atoms with Crippen molar-refractivity contribution >= 4 is 39.0 Å². The van der Waals surface area contributed by atoms with Crippen molar-refractivity contribution in [3.63, 3.8) is 0 Å². The molecule has 0 radical (unpaired) electrons. The standard InChI is InChI=1S/C35H30FN5O2/c1-20-16-26(24-11-6-13-29-27(24)18-39-40-29)32-28(37)12-7-15-38-35(32)41(19-20)21(2)34-31(22-8-5-9-23(36)17-22)33(42)25-10-3-4-14-30(25)43-34/h3-11,13-15,17-18,20-21,37H,12,16,19H2,1-2H3,(H,39,40). The van der Waals surface area contributed by atoms with E-state index in [4.69, 9.17) is 9.41 Å². The van der Waals surface area contributed by atoms with Crippen LogP contribution in [0.5, 0.6) is 0 Å². The Bertz CT molecular complexity index is 2070. The van der Waals surface area contributed by atoms with E-state index in [1.165, 1.54) is 12.1 Å². The Morgan fingerprint density at radius 3 is 2.79 bits per heavy atom. The Balaban J connectivity index is 1.46. The lowest BCUT2D eigenvalue weighted by atomic mass is 9.88. The Morgan fingerprint density at radius 2 is 1.93 bits per heavy atom. The van der Waals surface area contributed by atoms with E-state index in [1.54, 1.807) is 36.5 Å². The topological polar surface area (TPSA) is 98.3 Å². The molecule has 3 aromatic carbocycles. The molecule has 2 N–H and O–H groups in total. The summed E-state index contributed by atoms with van der Waals surface area (Å²) in [7, 11) is 0. The number of rotatable bonds is 4. The number of allylic oxidation sites excluding steroid dienone is 2. The molecule has 7 rings (SSSR count). The highest BCUT2D eigenvalue weighted by Crippen LogP contribution is 2.40. The number of hydrogen-bond acceptors (Lipinski definition) is 6. The van der Waals surface area contributed by atoms with Gasteiger partial charge in [-0.05, 0) is 66.3 Å². The Kier molecular flexibility index (Phi) is 6.61. The zero-order chi connectivity index (χ0) is 29.7. The monoisotopic (exact) mass is 571 g/mol. The number of nitrogens with zero attached hydrogens (tertiary/aromatic N) is 3. The van der Waals surface area contributed by atoms with Crippen molar-refractivity contribution in [3.8, 4) is 11.1 Å². The second-order valence-electron chi connectivity index (χ2n) is 11.3. The number of hydrogen-bond donors (Lipinski definition) is 2. The lowest BCUT2D eigenvalue weighted by Crippen LogP contribution is -2.38. The highest BCUT2D eigenvalue weighted by molar-refractivity contribution is 6.29. The number of aliphatic imine (C=N–C) groups is 1. The van der Waals surface area contributed by atoms with Crippen LogP contribution in [0.3, 0.4) is 0 Å². The van der Waals surface area contributed by atoms with Gasteiger partial charge in [0.05, 0.1) is 28.7 Å². The fraction of sp³-hybridized carbons (Fsp3) is 0.200. The molecule has 8 heteroatoms. The third-order valence-electron chi connectivity index (χ3n) is 8.38. The molecule has 0 fully saturated rings. The lowest BCUT2D eigenvalue weighted by molar-refractivity contribution is 0.267. The van der Waals surface area contributed by atoms with E-state index in [0.717, 1.165) is 34.0 Å². The SMILES string of the molecule is CC1CC(c2cccc3[nH]ncc23)=C2C(=N)CC=CN=C2N(C(C)c2oc3ccccc3c(=O)c2-c2cccc(F)c2)C1. The van der Waals surface area contributed by atoms with Crippen LogP contribution < -0.4 is 5.43 Å². The minimum atomic E-state index is -0.463. The van der Waals surface area contributed by atoms with Crippen LogP contribution in [-0.2, 0) is 0 Å². The molecule has 5 aromatic rings. The summed E-state index contributed by atoms with van der Waals surface area (Å²) in [5.74, 6) is 0.834. The predicted octanol–water partition coefficient (Wildman–Crippen LogP) is 7.67. The van der Waals surface area contributed by atoms with Crippen LogP contribution in [-0.4, -0.2) is 33.2 Å². The van der Waals surface area contributed by atoms with E-state index in [2.05, 4.69) is 28.1 Å². The van der Waals surface area contributed by atoms with Crippen LogP contribution in [0.2, 0.25) is 0 Å². The molecule has 214 valence electrons. The molecule has 0 aliphatic carbocycles. The minimum Gasteiger partial charge on any atom is -0.458 e. The summed E-state index contributed by atoms with van der Waals surface area (Å²) in [6, 6.07) is 18.8. The number of benzene rings is 3. The normalized spacial score (nSPS) is 18.0. The van der Waals surface area contributed by atoms with Crippen LogP contribution >= 0.6 is 0 Å². The van der Waals surface area contributed by atoms with Gasteiger partial charge in [-0.25, -0.2) is 9.38 Å². The highest BCUT2D eigenvalue weighted by Gasteiger charge is 2.35. The van der Waals surface area contributed by atoms with Crippen molar-refractivity contribution < 1.29 is 8.81 Å². The number of aromatic amines is 1. The van der Waals surface area contributed by atoms with Gasteiger partial charge in [0.25, 0.3) is 0 Å². The van der Waals surface area contributed by atoms with Crippen LogP contribution in [0.1, 0.15) is 44.1 Å². The fourth-order valence-corrected chi connectivity index (χ4v) is 6.40. The van der Waals surface area contributed by atoms with Gasteiger partial charge in [0, 0.05) is 35.8 Å². The number of nitrogens with one attached hydrogen (secondary N) is 2. The van der Waals surface area contributed by atoms with Crippen LogP contribution in [0.25, 0.3) is 38.6 Å². The second kappa shape index (κ2) is 10.6. The van der Waals surface area contributed by atoms with E-state index >= 15 is 0 Å². The number of H-pyrrole nitrogens is 1. The maximum Gasteiger partial charge on any atom is 0.200 e. The van der Waals surface area contributed by atoms with Crippen molar-refractivity contribution in [3.05, 3.63) is 118 Å². The highest BCUT2D eigenvalue weighted by atomic mass is 19.1. The molecule has 0 saturated carbocycles. The minimum absolute atomic E-state index is 0.170. The first-order valence-electron chi connectivity index (χ1n) is 14.5. The van der Waals surface area contributed by atoms with Gasteiger partial charge in [0.2, 0.25) is 5.43 Å². The molecule has 2 aromatic heterocycles. The predicted molar refractivity (Wildman–Crippen MR) is 169 cm³/mol. The molecule has 2 aliphatic heterocycles. The van der Waals surface area contributed by atoms with Gasteiger partial charge in [0.15, 0.2) is 0 Å². The maximum atomic E-state index is 14.5. The molecule has 0 amide bonds. The van der Waals surface area contributed by atoms with Crippen molar-refractivity contribution in [2.45, 2.75) is 32.7 Å². The molecular weight excluding hydrogens is 541 g/mol. The Morgan fingerprint density at radius 1 is 1.09 bits per heavy atom. The molecule has 0 bridgehead atoms. The number of aromatic nitrogens is 2. The largest absolute Gasteiger partial charge is 0.458 e. The number of fused-ring (bicyclic) bond motifs is 3. The Hall–Kier alpha value is -5.11. The molecule has 0 spiro atoms.